The highest BCUT2D eigenvalue weighted by Gasteiger charge is 2.29. The van der Waals surface area contributed by atoms with Gasteiger partial charge in [0, 0.05) is 5.69 Å². The number of anilines is 1. The Bertz CT molecular complexity index is 454. The molecule has 1 aromatic rings. The predicted molar refractivity (Wildman–Crippen MR) is 72.5 cm³/mol. The van der Waals surface area contributed by atoms with Gasteiger partial charge in [0.1, 0.15) is 0 Å². The van der Waals surface area contributed by atoms with Gasteiger partial charge in [-0.1, -0.05) is 32.9 Å². The minimum Gasteiger partial charge on any atom is -0.388 e. The van der Waals surface area contributed by atoms with Crippen LogP contribution in [0.1, 0.15) is 56.8 Å². The van der Waals surface area contributed by atoms with E-state index >= 15 is 0 Å². The van der Waals surface area contributed by atoms with Crippen molar-refractivity contribution in [2.75, 3.05) is 5.32 Å². The van der Waals surface area contributed by atoms with Crippen molar-refractivity contribution in [3.63, 3.8) is 0 Å². The van der Waals surface area contributed by atoms with Crippen LogP contribution in [0.25, 0.3) is 0 Å². The van der Waals surface area contributed by atoms with E-state index in [1.165, 1.54) is 0 Å². The summed E-state index contributed by atoms with van der Waals surface area (Å²) in [6.07, 6.45) is 1.10. The quantitative estimate of drug-likeness (QED) is 0.858. The molecule has 0 bridgehead atoms. The molecule has 0 saturated heterocycles. The lowest BCUT2D eigenvalue weighted by atomic mass is 9.93. The van der Waals surface area contributed by atoms with E-state index in [-0.39, 0.29) is 11.8 Å². The van der Waals surface area contributed by atoms with Gasteiger partial charge in [0.15, 0.2) is 0 Å². The number of carbonyl (C=O) groups excluding carboxylic acids is 1. The van der Waals surface area contributed by atoms with E-state index < -0.39 is 6.10 Å². The van der Waals surface area contributed by atoms with Crippen LogP contribution in [-0.4, -0.2) is 11.0 Å². The lowest BCUT2D eigenvalue weighted by molar-refractivity contribution is -0.117. The largest absolute Gasteiger partial charge is 0.388 e. The molecule has 2 rings (SSSR count). The van der Waals surface area contributed by atoms with Crippen molar-refractivity contribution >= 4 is 11.6 Å². The number of amides is 1. The van der Waals surface area contributed by atoms with Crippen LogP contribution in [0.5, 0.6) is 0 Å². The number of benzene rings is 1. The number of rotatable bonds is 4. The first-order valence-corrected chi connectivity index (χ1v) is 6.65. The van der Waals surface area contributed by atoms with Crippen molar-refractivity contribution in [2.45, 2.75) is 45.6 Å². The Kier molecular flexibility index (Phi) is 3.71. The van der Waals surface area contributed by atoms with E-state index in [1.54, 1.807) is 0 Å². The molecule has 0 aromatic heterocycles. The zero-order valence-corrected chi connectivity index (χ0v) is 11.2. The van der Waals surface area contributed by atoms with E-state index in [0.717, 1.165) is 29.7 Å². The van der Waals surface area contributed by atoms with Gasteiger partial charge in [-0.25, -0.2) is 0 Å². The van der Waals surface area contributed by atoms with Gasteiger partial charge in [0.2, 0.25) is 5.91 Å². The molecule has 3 heteroatoms. The third-order valence-electron chi connectivity index (χ3n) is 3.51. The van der Waals surface area contributed by atoms with Crippen molar-refractivity contribution in [1.29, 1.82) is 0 Å². The first-order valence-electron chi connectivity index (χ1n) is 6.65. The third-order valence-corrected chi connectivity index (χ3v) is 3.51. The standard InChI is InChI=1S/C15H21NO2/c1-4-11-12-8-10(14(17)7-9(2)3)5-6-13(12)16-15(11)18/h5-6,8-9,11,14,17H,4,7H2,1-3H3,(H,16,18). The van der Waals surface area contributed by atoms with Crippen molar-refractivity contribution in [3.8, 4) is 0 Å². The molecule has 1 heterocycles. The maximum absolute atomic E-state index is 11.7. The molecule has 98 valence electrons. The molecule has 0 radical (unpaired) electrons. The summed E-state index contributed by atoms with van der Waals surface area (Å²) in [5.41, 5.74) is 2.84. The van der Waals surface area contributed by atoms with Gasteiger partial charge in [0.25, 0.3) is 0 Å². The monoisotopic (exact) mass is 247 g/mol. The highest BCUT2D eigenvalue weighted by molar-refractivity contribution is 6.02. The number of carbonyl (C=O) groups is 1. The third kappa shape index (κ3) is 2.41. The molecule has 2 unspecified atom stereocenters. The lowest BCUT2D eigenvalue weighted by Crippen LogP contribution is -2.10. The minimum absolute atomic E-state index is 0.0637. The topological polar surface area (TPSA) is 49.3 Å². The van der Waals surface area contributed by atoms with E-state index in [1.807, 2.05) is 25.1 Å². The second-order valence-electron chi connectivity index (χ2n) is 5.44. The van der Waals surface area contributed by atoms with Crippen LogP contribution in [0.4, 0.5) is 5.69 Å². The average Bonchev–Trinajstić information content (AvgIpc) is 2.62. The molecule has 1 aromatic carbocycles. The summed E-state index contributed by atoms with van der Waals surface area (Å²) < 4.78 is 0. The normalized spacial score (nSPS) is 19.8. The summed E-state index contributed by atoms with van der Waals surface area (Å²) >= 11 is 0. The second-order valence-corrected chi connectivity index (χ2v) is 5.44. The molecule has 2 N–H and O–H groups in total. The molecule has 2 atom stereocenters. The fraction of sp³-hybridized carbons (Fsp3) is 0.533. The van der Waals surface area contributed by atoms with Crippen LogP contribution in [0.15, 0.2) is 18.2 Å². The van der Waals surface area contributed by atoms with Crippen molar-refractivity contribution in [2.24, 2.45) is 5.92 Å². The molecule has 18 heavy (non-hydrogen) atoms. The average molecular weight is 247 g/mol. The Morgan fingerprint density at radius 1 is 1.39 bits per heavy atom. The fourth-order valence-electron chi connectivity index (χ4n) is 2.54. The molecular weight excluding hydrogens is 226 g/mol. The first kappa shape index (κ1) is 13.1. The van der Waals surface area contributed by atoms with Gasteiger partial charge in [-0.15, -0.1) is 0 Å². The highest BCUT2D eigenvalue weighted by atomic mass is 16.3. The Morgan fingerprint density at radius 2 is 2.11 bits per heavy atom. The molecular formula is C15H21NO2. The minimum atomic E-state index is -0.441. The van der Waals surface area contributed by atoms with Crippen LogP contribution in [0.2, 0.25) is 0 Å². The SMILES string of the molecule is CCC1C(=O)Nc2ccc(C(O)CC(C)C)cc21. The number of fused-ring (bicyclic) bond motifs is 1. The van der Waals surface area contributed by atoms with Gasteiger partial charge in [-0.3, -0.25) is 4.79 Å². The van der Waals surface area contributed by atoms with Crippen molar-refractivity contribution in [1.82, 2.24) is 0 Å². The highest BCUT2D eigenvalue weighted by Crippen LogP contribution is 2.36. The Morgan fingerprint density at radius 3 is 2.72 bits per heavy atom. The molecule has 0 aliphatic carbocycles. The Labute approximate surface area is 108 Å². The van der Waals surface area contributed by atoms with Crippen LogP contribution < -0.4 is 5.32 Å². The Hall–Kier alpha value is -1.35. The van der Waals surface area contributed by atoms with Gasteiger partial charge in [0.05, 0.1) is 12.0 Å². The smallest absolute Gasteiger partial charge is 0.231 e. The Balaban J connectivity index is 2.27. The number of aliphatic hydroxyl groups excluding tert-OH is 1. The summed E-state index contributed by atoms with van der Waals surface area (Å²) in [6.45, 7) is 6.20. The van der Waals surface area contributed by atoms with Crippen LogP contribution in [0.3, 0.4) is 0 Å². The van der Waals surface area contributed by atoms with Crippen molar-refractivity contribution < 1.29 is 9.90 Å². The van der Waals surface area contributed by atoms with Crippen LogP contribution in [-0.2, 0) is 4.79 Å². The molecule has 1 aliphatic heterocycles. The number of aliphatic hydroxyl groups is 1. The van der Waals surface area contributed by atoms with Gasteiger partial charge < -0.3 is 10.4 Å². The maximum atomic E-state index is 11.7. The number of hydrogen-bond acceptors (Lipinski definition) is 2. The number of nitrogens with one attached hydrogen (secondary N) is 1. The van der Waals surface area contributed by atoms with Crippen LogP contribution >= 0.6 is 0 Å². The molecule has 0 fully saturated rings. The zero-order chi connectivity index (χ0) is 13.3. The molecule has 0 saturated carbocycles. The predicted octanol–water partition coefficient (Wildman–Crippen LogP) is 3.21. The molecule has 0 spiro atoms. The lowest BCUT2D eigenvalue weighted by Gasteiger charge is -2.15. The summed E-state index contributed by atoms with van der Waals surface area (Å²) in [5, 5.41) is 13.0. The van der Waals surface area contributed by atoms with Gasteiger partial charge >= 0.3 is 0 Å². The summed E-state index contributed by atoms with van der Waals surface area (Å²) in [5.74, 6) is 0.462. The first-order chi connectivity index (χ1) is 8.52. The van der Waals surface area contributed by atoms with Crippen molar-refractivity contribution in [3.05, 3.63) is 29.3 Å². The van der Waals surface area contributed by atoms with Gasteiger partial charge in [-0.05, 0) is 36.0 Å². The fourth-order valence-corrected chi connectivity index (χ4v) is 2.54. The molecule has 1 amide bonds. The van der Waals surface area contributed by atoms with E-state index in [0.29, 0.717) is 5.92 Å². The summed E-state index contributed by atoms with van der Waals surface area (Å²) in [7, 11) is 0. The van der Waals surface area contributed by atoms with E-state index in [4.69, 9.17) is 0 Å². The molecule has 1 aliphatic rings. The summed E-state index contributed by atoms with van der Waals surface area (Å²) in [6, 6.07) is 5.79. The van der Waals surface area contributed by atoms with E-state index in [2.05, 4.69) is 19.2 Å². The zero-order valence-electron chi connectivity index (χ0n) is 11.2. The van der Waals surface area contributed by atoms with E-state index in [9.17, 15) is 9.90 Å². The molecule has 3 nitrogen and oxygen atoms in total. The summed E-state index contributed by atoms with van der Waals surface area (Å²) in [4.78, 5) is 11.7. The van der Waals surface area contributed by atoms with Crippen LogP contribution in [0, 0.1) is 5.92 Å². The van der Waals surface area contributed by atoms with Gasteiger partial charge in [-0.2, -0.15) is 0 Å². The number of hydrogen-bond donors (Lipinski definition) is 2. The maximum Gasteiger partial charge on any atom is 0.231 e. The second kappa shape index (κ2) is 5.11.